The summed E-state index contributed by atoms with van der Waals surface area (Å²) in [7, 11) is 0. The lowest BCUT2D eigenvalue weighted by atomic mass is 9.91. The van der Waals surface area contributed by atoms with E-state index in [0.717, 1.165) is 28.1 Å². The molecule has 1 aromatic heterocycles. The van der Waals surface area contributed by atoms with Crippen molar-refractivity contribution in [3.05, 3.63) is 70.1 Å². The summed E-state index contributed by atoms with van der Waals surface area (Å²) in [5.41, 5.74) is 10.3. The van der Waals surface area contributed by atoms with Gasteiger partial charge in [0.15, 0.2) is 0 Å². The van der Waals surface area contributed by atoms with E-state index in [1.54, 1.807) is 11.3 Å². The van der Waals surface area contributed by atoms with Crippen molar-refractivity contribution in [2.75, 3.05) is 0 Å². The lowest BCUT2D eigenvalue weighted by Gasteiger charge is -2.18. The SMILES string of the molecule is NC1=C(c2ccccc2)C=C(c2cccs2)CC1=S. The summed E-state index contributed by atoms with van der Waals surface area (Å²) in [5, 5.41) is 2.09. The normalized spacial score (nSPS) is 15.6. The van der Waals surface area contributed by atoms with Crippen LogP contribution in [0.15, 0.2) is 59.6 Å². The van der Waals surface area contributed by atoms with Crippen molar-refractivity contribution >= 4 is 39.6 Å². The van der Waals surface area contributed by atoms with Gasteiger partial charge in [-0.2, -0.15) is 0 Å². The second-order valence-electron chi connectivity index (χ2n) is 4.44. The molecule has 0 radical (unpaired) electrons. The zero-order chi connectivity index (χ0) is 13.2. The van der Waals surface area contributed by atoms with Crippen LogP contribution in [0.4, 0.5) is 0 Å². The van der Waals surface area contributed by atoms with Gasteiger partial charge in [-0.1, -0.05) is 48.6 Å². The van der Waals surface area contributed by atoms with Crippen molar-refractivity contribution in [1.29, 1.82) is 0 Å². The number of hydrogen-bond acceptors (Lipinski definition) is 3. The van der Waals surface area contributed by atoms with E-state index < -0.39 is 0 Å². The molecule has 0 aliphatic heterocycles. The lowest BCUT2D eigenvalue weighted by Crippen LogP contribution is -2.15. The molecule has 0 fully saturated rings. The molecule has 0 saturated carbocycles. The maximum absolute atomic E-state index is 6.17. The highest BCUT2D eigenvalue weighted by molar-refractivity contribution is 7.80. The average molecular weight is 283 g/mol. The van der Waals surface area contributed by atoms with E-state index in [1.807, 2.05) is 18.2 Å². The molecule has 2 aromatic rings. The Balaban J connectivity index is 2.11. The fraction of sp³-hybridized carbons (Fsp3) is 0.0625. The van der Waals surface area contributed by atoms with Gasteiger partial charge >= 0.3 is 0 Å². The van der Waals surface area contributed by atoms with Crippen molar-refractivity contribution in [3.63, 3.8) is 0 Å². The zero-order valence-electron chi connectivity index (χ0n) is 10.3. The summed E-state index contributed by atoms with van der Waals surface area (Å²) in [6.45, 7) is 0. The van der Waals surface area contributed by atoms with Crippen LogP contribution in [0.25, 0.3) is 11.1 Å². The monoisotopic (exact) mass is 283 g/mol. The van der Waals surface area contributed by atoms with Crippen LogP contribution in [0.1, 0.15) is 16.9 Å². The molecule has 0 atom stereocenters. The summed E-state index contributed by atoms with van der Waals surface area (Å²) >= 11 is 7.18. The molecule has 0 saturated heterocycles. The van der Waals surface area contributed by atoms with Crippen LogP contribution in [0.3, 0.4) is 0 Å². The minimum absolute atomic E-state index is 0.738. The van der Waals surface area contributed by atoms with E-state index in [9.17, 15) is 0 Å². The van der Waals surface area contributed by atoms with Gasteiger partial charge in [0.25, 0.3) is 0 Å². The Hall–Kier alpha value is -1.71. The second-order valence-corrected chi connectivity index (χ2v) is 5.88. The molecule has 0 bridgehead atoms. The van der Waals surface area contributed by atoms with Crippen molar-refractivity contribution in [3.8, 4) is 0 Å². The number of rotatable bonds is 2. The number of benzene rings is 1. The predicted octanol–water partition coefficient (Wildman–Crippen LogP) is 4.28. The van der Waals surface area contributed by atoms with Crippen LogP contribution in [0.5, 0.6) is 0 Å². The molecule has 1 aliphatic rings. The molecule has 3 rings (SSSR count). The number of thiocarbonyl (C=S) groups is 1. The molecule has 0 unspecified atom stereocenters. The first-order valence-corrected chi connectivity index (χ1v) is 7.37. The third-order valence-corrected chi connectivity index (χ3v) is 4.49. The van der Waals surface area contributed by atoms with Gasteiger partial charge in [-0.25, -0.2) is 0 Å². The van der Waals surface area contributed by atoms with Crippen LogP contribution in [0, 0.1) is 0 Å². The Morgan fingerprint density at radius 3 is 2.53 bits per heavy atom. The molecular weight excluding hydrogens is 270 g/mol. The largest absolute Gasteiger partial charge is 0.397 e. The van der Waals surface area contributed by atoms with Crippen LogP contribution in [-0.2, 0) is 0 Å². The van der Waals surface area contributed by atoms with Crippen molar-refractivity contribution in [2.24, 2.45) is 5.73 Å². The molecule has 94 valence electrons. The third kappa shape index (κ3) is 2.39. The van der Waals surface area contributed by atoms with Crippen LogP contribution >= 0.6 is 23.6 Å². The third-order valence-electron chi connectivity index (χ3n) is 3.18. The first-order chi connectivity index (χ1) is 9.25. The molecule has 1 nitrogen and oxygen atoms in total. The molecule has 1 aliphatic carbocycles. The molecule has 0 amide bonds. The highest BCUT2D eigenvalue weighted by Crippen LogP contribution is 2.34. The second kappa shape index (κ2) is 5.11. The minimum Gasteiger partial charge on any atom is -0.397 e. The first-order valence-electron chi connectivity index (χ1n) is 6.08. The van der Waals surface area contributed by atoms with Crippen molar-refractivity contribution in [2.45, 2.75) is 6.42 Å². The van der Waals surface area contributed by atoms with Gasteiger partial charge in [0.1, 0.15) is 0 Å². The number of thiophene rings is 1. The molecule has 1 aromatic carbocycles. The summed E-state index contributed by atoms with van der Waals surface area (Å²) in [5.74, 6) is 0. The lowest BCUT2D eigenvalue weighted by molar-refractivity contribution is 1.39. The summed E-state index contributed by atoms with van der Waals surface area (Å²) in [4.78, 5) is 2.10. The van der Waals surface area contributed by atoms with E-state index in [4.69, 9.17) is 18.0 Å². The van der Waals surface area contributed by atoms with Gasteiger partial charge in [0, 0.05) is 21.7 Å². The van der Waals surface area contributed by atoms with Gasteiger partial charge in [-0.3, -0.25) is 0 Å². The van der Waals surface area contributed by atoms with Gasteiger partial charge in [-0.05, 0) is 28.7 Å². The van der Waals surface area contributed by atoms with Crippen molar-refractivity contribution in [1.82, 2.24) is 0 Å². The van der Waals surface area contributed by atoms with E-state index in [-0.39, 0.29) is 0 Å². The topological polar surface area (TPSA) is 26.0 Å². The minimum atomic E-state index is 0.738. The quantitative estimate of drug-likeness (QED) is 0.833. The van der Waals surface area contributed by atoms with Crippen LogP contribution < -0.4 is 5.73 Å². The smallest absolute Gasteiger partial charge is 0.0539 e. The van der Waals surface area contributed by atoms with Crippen LogP contribution in [0.2, 0.25) is 0 Å². The first kappa shape index (κ1) is 12.3. The zero-order valence-corrected chi connectivity index (χ0v) is 11.9. The van der Waals surface area contributed by atoms with E-state index in [0.29, 0.717) is 0 Å². The van der Waals surface area contributed by atoms with Crippen molar-refractivity contribution < 1.29 is 0 Å². The Morgan fingerprint density at radius 1 is 1.05 bits per heavy atom. The van der Waals surface area contributed by atoms with E-state index >= 15 is 0 Å². The molecule has 0 spiro atoms. The number of allylic oxidation sites excluding steroid dienone is 4. The van der Waals surface area contributed by atoms with E-state index in [2.05, 4.69) is 35.7 Å². The van der Waals surface area contributed by atoms with E-state index in [1.165, 1.54) is 10.5 Å². The van der Waals surface area contributed by atoms with Crippen LogP contribution in [-0.4, -0.2) is 4.86 Å². The fourth-order valence-electron chi connectivity index (χ4n) is 2.20. The van der Waals surface area contributed by atoms with Gasteiger partial charge in [0.05, 0.1) is 5.70 Å². The Kier molecular flexibility index (Phi) is 3.32. The average Bonchev–Trinajstić information content (AvgIpc) is 2.97. The summed E-state index contributed by atoms with van der Waals surface area (Å²) < 4.78 is 0. The summed E-state index contributed by atoms with van der Waals surface area (Å²) in [6, 6.07) is 14.4. The Bertz CT molecular complexity index is 664. The number of hydrogen-bond donors (Lipinski definition) is 1. The predicted molar refractivity (Wildman–Crippen MR) is 87.1 cm³/mol. The van der Waals surface area contributed by atoms with Gasteiger partial charge in [-0.15, -0.1) is 11.3 Å². The van der Waals surface area contributed by atoms with Gasteiger partial charge < -0.3 is 5.73 Å². The molecular formula is C16H13NS2. The Morgan fingerprint density at radius 2 is 1.84 bits per heavy atom. The highest BCUT2D eigenvalue weighted by Gasteiger charge is 2.18. The molecule has 2 N–H and O–H groups in total. The number of nitrogens with two attached hydrogens (primary N) is 1. The standard InChI is InChI=1S/C16H13NS2/c17-16-13(11-5-2-1-3-6-11)9-12(10-14(16)18)15-7-4-8-19-15/h1-9H,10,17H2. The molecule has 19 heavy (non-hydrogen) atoms. The van der Waals surface area contributed by atoms with Gasteiger partial charge in [0.2, 0.25) is 0 Å². The maximum Gasteiger partial charge on any atom is 0.0539 e. The highest BCUT2D eigenvalue weighted by atomic mass is 32.1. The molecule has 3 heteroatoms. The molecule has 1 heterocycles. The maximum atomic E-state index is 6.17. The Labute approximate surface area is 122 Å². The fourth-order valence-corrected chi connectivity index (χ4v) is 3.21. The summed E-state index contributed by atoms with van der Waals surface area (Å²) in [6.07, 6.45) is 2.93.